The van der Waals surface area contributed by atoms with Gasteiger partial charge in [-0.3, -0.25) is 4.79 Å². The van der Waals surface area contributed by atoms with E-state index in [1.807, 2.05) is 30.3 Å². The number of rotatable bonds is 5. The summed E-state index contributed by atoms with van der Waals surface area (Å²) in [7, 11) is 0. The number of fused-ring (bicyclic) bond motifs is 1. The number of hydrogen-bond donors (Lipinski definition) is 1. The molecule has 0 saturated carbocycles. The van der Waals surface area contributed by atoms with Gasteiger partial charge in [0.1, 0.15) is 0 Å². The van der Waals surface area contributed by atoms with E-state index in [1.165, 1.54) is 11.3 Å². The van der Waals surface area contributed by atoms with Crippen LogP contribution in [0.5, 0.6) is 0 Å². The van der Waals surface area contributed by atoms with Gasteiger partial charge in [0.2, 0.25) is 11.0 Å². The third kappa shape index (κ3) is 3.45. The molecular weight excluding hydrogens is 314 g/mol. The zero-order chi connectivity index (χ0) is 15.4. The topological polar surface area (TPSA) is 54.9 Å². The van der Waals surface area contributed by atoms with Crippen molar-refractivity contribution in [2.45, 2.75) is 17.7 Å². The number of carbonyl (C=O) groups is 1. The van der Waals surface area contributed by atoms with Crippen LogP contribution in [0, 0.1) is 0 Å². The highest BCUT2D eigenvalue weighted by Gasteiger charge is 2.10. The van der Waals surface area contributed by atoms with Crippen LogP contribution >= 0.6 is 23.1 Å². The number of thioether (sulfide) groups is 1. The molecule has 3 rings (SSSR count). The predicted molar refractivity (Wildman–Crippen MR) is 92.6 cm³/mol. The lowest BCUT2D eigenvalue weighted by molar-refractivity contribution is -0.115. The van der Waals surface area contributed by atoms with Crippen molar-refractivity contribution in [3.05, 3.63) is 48.0 Å². The average Bonchev–Trinajstić information content (AvgIpc) is 2.95. The van der Waals surface area contributed by atoms with Crippen LogP contribution in [0.2, 0.25) is 0 Å². The van der Waals surface area contributed by atoms with Crippen molar-refractivity contribution < 1.29 is 4.79 Å². The molecule has 3 aromatic rings. The molecule has 0 radical (unpaired) electrons. The van der Waals surface area contributed by atoms with E-state index in [0.717, 1.165) is 26.4 Å². The number of benzene rings is 2. The molecule has 22 heavy (non-hydrogen) atoms. The number of amides is 1. The second kappa shape index (κ2) is 6.89. The maximum Gasteiger partial charge on any atom is 0.230 e. The number of nitrogens with one attached hydrogen (secondary N) is 1. The molecule has 0 spiro atoms. The molecule has 1 amide bonds. The Labute approximate surface area is 137 Å². The van der Waals surface area contributed by atoms with Gasteiger partial charge in [-0.05, 0) is 22.1 Å². The Morgan fingerprint density at radius 3 is 2.86 bits per heavy atom. The maximum atomic E-state index is 12.2. The molecule has 0 atom stereocenters. The van der Waals surface area contributed by atoms with Crippen LogP contribution < -0.4 is 5.32 Å². The lowest BCUT2D eigenvalue weighted by atomic mass is 10.0. The summed E-state index contributed by atoms with van der Waals surface area (Å²) in [5.41, 5.74) is 1.02. The first-order chi connectivity index (χ1) is 10.8. The zero-order valence-electron chi connectivity index (χ0n) is 12.1. The Morgan fingerprint density at radius 1 is 1.18 bits per heavy atom. The molecule has 4 nitrogen and oxygen atoms in total. The van der Waals surface area contributed by atoms with Gasteiger partial charge in [0.15, 0.2) is 4.34 Å². The molecule has 1 N–H and O–H groups in total. The van der Waals surface area contributed by atoms with E-state index in [0.29, 0.717) is 11.6 Å². The highest BCUT2D eigenvalue weighted by Crippen LogP contribution is 2.25. The second-order valence-corrected chi connectivity index (χ2v) is 7.16. The van der Waals surface area contributed by atoms with Gasteiger partial charge in [0, 0.05) is 0 Å². The van der Waals surface area contributed by atoms with Crippen LogP contribution in [0.4, 0.5) is 5.13 Å². The number of hydrogen-bond acceptors (Lipinski definition) is 5. The third-order valence-corrected chi connectivity index (χ3v) is 5.01. The molecule has 0 aliphatic carbocycles. The summed E-state index contributed by atoms with van der Waals surface area (Å²) >= 11 is 3.03. The Balaban J connectivity index is 1.72. The van der Waals surface area contributed by atoms with Gasteiger partial charge in [-0.25, -0.2) is 0 Å². The van der Waals surface area contributed by atoms with Gasteiger partial charge in [0.25, 0.3) is 0 Å². The minimum absolute atomic E-state index is 0.0689. The molecular formula is C16H15N3OS2. The molecule has 0 unspecified atom stereocenters. The summed E-state index contributed by atoms with van der Waals surface area (Å²) in [6.07, 6.45) is 0.331. The summed E-state index contributed by atoms with van der Waals surface area (Å²) in [6, 6.07) is 14.1. The fourth-order valence-corrected chi connectivity index (χ4v) is 3.89. The number of nitrogens with zero attached hydrogens (tertiary/aromatic N) is 2. The smallest absolute Gasteiger partial charge is 0.230 e. The monoisotopic (exact) mass is 329 g/mol. The lowest BCUT2D eigenvalue weighted by Crippen LogP contribution is -2.14. The molecule has 1 heterocycles. The number of anilines is 1. The van der Waals surface area contributed by atoms with Crippen LogP contribution in [-0.4, -0.2) is 21.9 Å². The van der Waals surface area contributed by atoms with Crippen molar-refractivity contribution in [2.24, 2.45) is 0 Å². The standard InChI is InChI=1S/C16H15N3OS2/c1-2-21-16-19-18-15(22-16)17-14(20)10-12-8-5-7-11-6-3-4-9-13(11)12/h3-9H,2,10H2,1H3,(H,17,18,20). The molecule has 2 aromatic carbocycles. The molecule has 0 fully saturated rings. The fourth-order valence-electron chi connectivity index (χ4n) is 2.23. The van der Waals surface area contributed by atoms with Crippen LogP contribution in [0.25, 0.3) is 10.8 Å². The Bertz CT molecular complexity index is 795. The van der Waals surface area contributed by atoms with Gasteiger partial charge in [0.05, 0.1) is 6.42 Å². The Morgan fingerprint density at radius 2 is 2.00 bits per heavy atom. The minimum Gasteiger partial charge on any atom is -0.300 e. The highest BCUT2D eigenvalue weighted by atomic mass is 32.2. The lowest BCUT2D eigenvalue weighted by Gasteiger charge is -2.06. The first kappa shape index (κ1) is 15.0. The SMILES string of the molecule is CCSc1nnc(NC(=O)Cc2cccc3ccccc23)s1. The molecule has 6 heteroatoms. The van der Waals surface area contributed by atoms with Crippen molar-refractivity contribution >= 4 is 44.9 Å². The van der Waals surface area contributed by atoms with E-state index in [-0.39, 0.29) is 5.91 Å². The van der Waals surface area contributed by atoms with Crippen LogP contribution in [-0.2, 0) is 11.2 Å². The van der Waals surface area contributed by atoms with E-state index < -0.39 is 0 Å². The van der Waals surface area contributed by atoms with Crippen molar-refractivity contribution in [1.29, 1.82) is 0 Å². The summed E-state index contributed by atoms with van der Waals surface area (Å²) in [4.78, 5) is 12.2. The third-order valence-electron chi connectivity index (χ3n) is 3.15. The Kier molecular flexibility index (Phi) is 4.70. The van der Waals surface area contributed by atoms with Crippen LogP contribution in [0.15, 0.2) is 46.8 Å². The molecule has 0 aliphatic heterocycles. The maximum absolute atomic E-state index is 12.2. The summed E-state index contributed by atoms with van der Waals surface area (Å²) < 4.78 is 0.878. The largest absolute Gasteiger partial charge is 0.300 e. The van der Waals surface area contributed by atoms with Gasteiger partial charge in [-0.2, -0.15) is 0 Å². The van der Waals surface area contributed by atoms with E-state index in [1.54, 1.807) is 11.8 Å². The first-order valence-corrected chi connectivity index (χ1v) is 8.79. The summed E-state index contributed by atoms with van der Waals surface area (Å²) in [6.45, 7) is 2.06. The van der Waals surface area contributed by atoms with Crippen molar-refractivity contribution in [3.8, 4) is 0 Å². The van der Waals surface area contributed by atoms with E-state index in [4.69, 9.17) is 0 Å². The minimum atomic E-state index is -0.0689. The van der Waals surface area contributed by atoms with Crippen molar-refractivity contribution in [3.63, 3.8) is 0 Å². The van der Waals surface area contributed by atoms with E-state index in [2.05, 4.69) is 34.6 Å². The normalized spacial score (nSPS) is 10.8. The van der Waals surface area contributed by atoms with Crippen LogP contribution in [0.1, 0.15) is 12.5 Å². The molecule has 0 saturated heterocycles. The fraction of sp³-hybridized carbons (Fsp3) is 0.188. The highest BCUT2D eigenvalue weighted by molar-refractivity contribution is 8.01. The first-order valence-electron chi connectivity index (χ1n) is 6.99. The Hall–Kier alpha value is -1.92. The van der Waals surface area contributed by atoms with Gasteiger partial charge in [-0.15, -0.1) is 10.2 Å². The summed E-state index contributed by atoms with van der Waals surface area (Å²) in [5, 5.41) is 13.7. The van der Waals surface area contributed by atoms with Gasteiger partial charge < -0.3 is 5.32 Å². The summed E-state index contributed by atoms with van der Waals surface area (Å²) in [5.74, 6) is 0.874. The zero-order valence-corrected chi connectivity index (χ0v) is 13.7. The van der Waals surface area contributed by atoms with E-state index in [9.17, 15) is 4.79 Å². The number of aromatic nitrogens is 2. The number of carbonyl (C=O) groups excluding carboxylic acids is 1. The molecule has 112 valence electrons. The van der Waals surface area contributed by atoms with Gasteiger partial charge in [-0.1, -0.05) is 72.5 Å². The molecule has 1 aromatic heterocycles. The van der Waals surface area contributed by atoms with Crippen molar-refractivity contribution in [1.82, 2.24) is 10.2 Å². The average molecular weight is 329 g/mol. The van der Waals surface area contributed by atoms with Crippen LogP contribution in [0.3, 0.4) is 0 Å². The quantitative estimate of drug-likeness (QED) is 0.568. The predicted octanol–water partition coefficient (Wildman–Crippen LogP) is 3.98. The van der Waals surface area contributed by atoms with Gasteiger partial charge >= 0.3 is 0 Å². The van der Waals surface area contributed by atoms with Crippen molar-refractivity contribution in [2.75, 3.05) is 11.1 Å². The van der Waals surface area contributed by atoms with E-state index >= 15 is 0 Å². The second-order valence-electron chi connectivity index (χ2n) is 4.67. The molecule has 0 aliphatic rings. The molecule has 0 bridgehead atoms.